The molecule has 0 radical (unpaired) electrons. The molecule has 3 rings (SSSR count). The molecule has 1 amide bonds. The first-order valence-electron chi connectivity index (χ1n) is 8.26. The number of nitrogens with one attached hydrogen (secondary N) is 3. The van der Waals surface area contributed by atoms with E-state index in [2.05, 4.69) is 21.0 Å². The molecule has 0 bridgehead atoms. The largest absolute Gasteiger partial charge is 0.495 e. The molecule has 3 aromatic rings. The summed E-state index contributed by atoms with van der Waals surface area (Å²) in [5.74, 6) is 0.296. The molecule has 0 spiro atoms. The highest BCUT2D eigenvalue weighted by Gasteiger charge is 2.18. The summed E-state index contributed by atoms with van der Waals surface area (Å²) in [7, 11) is -2.80. The molecule has 0 atom stereocenters. The molecule has 0 aliphatic heterocycles. The van der Waals surface area contributed by atoms with E-state index in [9.17, 15) is 13.2 Å². The number of hydrogen-bond acceptors (Lipinski definition) is 5. The molecule has 28 heavy (non-hydrogen) atoms. The maximum atomic E-state index is 12.2. The topological polar surface area (TPSA) is 110 Å². The van der Waals surface area contributed by atoms with E-state index in [1.54, 1.807) is 22.9 Å². The molecule has 146 valence electrons. The predicted octanol–water partition coefficient (Wildman–Crippen LogP) is 3.41. The number of fused-ring (bicyclic) bond motifs is 1. The van der Waals surface area contributed by atoms with Crippen LogP contribution in [-0.4, -0.2) is 33.2 Å². The normalized spacial score (nSPS) is 11.0. The SMILES string of the molecule is C=CCOC(=O)NS(=O)(=O)Nc1cc(-c2cc3ccccc3[nH]2)ccc1OC. The Morgan fingerprint density at radius 1 is 1.21 bits per heavy atom. The predicted molar refractivity (Wildman–Crippen MR) is 108 cm³/mol. The molecule has 3 N–H and O–H groups in total. The summed E-state index contributed by atoms with van der Waals surface area (Å²) in [5.41, 5.74) is 2.68. The molecule has 0 aliphatic rings. The summed E-state index contributed by atoms with van der Waals surface area (Å²) < 4.78 is 38.3. The van der Waals surface area contributed by atoms with E-state index in [0.717, 1.165) is 22.2 Å². The van der Waals surface area contributed by atoms with Crippen molar-refractivity contribution in [2.75, 3.05) is 18.4 Å². The number of aromatic amines is 1. The van der Waals surface area contributed by atoms with Crippen LogP contribution in [0.5, 0.6) is 5.75 Å². The number of carbonyl (C=O) groups is 1. The van der Waals surface area contributed by atoms with E-state index in [4.69, 9.17) is 4.74 Å². The lowest BCUT2D eigenvalue weighted by Gasteiger charge is -2.13. The number of rotatable bonds is 7. The van der Waals surface area contributed by atoms with Gasteiger partial charge >= 0.3 is 16.3 Å². The molecule has 0 aliphatic carbocycles. The van der Waals surface area contributed by atoms with Crippen LogP contribution in [0, 0.1) is 0 Å². The van der Waals surface area contributed by atoms with Crippen LogP contribution in [0.4, 0.5) is 10.5 Å². The number of hydrogen-bond donors (Lipinski definition) is 3. The van der Waals surface area contributed by atoms with E-state index < -0.39 is 16.3 Å². The molecule has 0 saturated carbocycles. The van der Waals surface area contributed by atoms with Gasteiger partial charge < -0.3 is 14.5 Å². The highest BCUT2D eigenvalue weighted by atomic mass is 32.2. The van der Waals surface area contributed by atoms with E-state index in [1.807, 2.05) is 30.3 Å². The third-order valence-corrected chi connectivity index (χ3v) is 4.76. The van der Waals surface area contributed by atoms with E-state index >= 15 is 0 Å². The zero-order valence-corrected chi connectivity index (χ0v) is 15.9. The molecular weight excluding hydrogens is 382 g/mol. The van der Waals surface area contributed by atoms with Crippen molar-refractivity contribution in [2.45, 2.75) is 0 Å². The average Bonchev–Trinajstić information content (AvgIpc) is 3.09. The number of amides is 1. The number of benzene rings is 2. The Morgan fingerprint density at radius 3 is 2.71 bits per heavy atom. The summed E-state index contributed by atoms with van der Waals surface area (Å²) >= 11 is 0. The Balaban J connectivity index is 1.88. The molecule has 0 saturated heterocycles. The lowest BCUT2D eigenvalue weighted by molar-refractivity contribution is 0.165. The second kappa shape index (κ2) is 8.05. The van der Waals surface area contributed by atoms with Crippen LogP contribution in [0.3, 0.4) is 0 Å². The number of methoxy groups -OCH3 is 1. The van der Waals surface area contributed by atoms with Gasteiger partial charge in [0, 0.05) is 22.2 Å². The number of aromatic nitrogens is 1. The van der Waals surface area contributed by atoms with Crippen LogP contribution in [0.15, 0.2) is 61.2 Å². The van der Waals surface area contributed by atoms with Gasteiger partial charge in [0.25, 0.3) is 0 Å². The minimum atomic E-state index is -4.22. The molecule has 8 nitrogen and oxygen atoms in total. The summed E-state index contributed by atoms with van der Waals surface area (Å²) in [5, 5.41) is 1.03. The fourth-order valence-corrected chi connectivity index (χ4v) is 3.41. The number of ether oxygens (including phenoxy) is 2. The van der Waals surface area contributed by atoms with Crippen molar-refractivity contribution in [1.82, 2.24) is 9.71 Å². The molecular formula is C19H19N3O5S. The van der Waals surface area contributed by atoms with Gasteiger partial charge in [-0.1, -0.05) is 30.9 Å². The van der Waals surface area contributed by atoms with Gasteiger partial charge in [0.05, 0.1) is 12.8 Å². The third-order valence-electron chi connectivity index (χ3n) is 3.83. The average molecular weight is 401 g/mol. The van der Waals surface area contributed by atoms with Gasteiger partial charge in [0.2, 0.25) is 0 Å². The van der Waals surface area contributed by atoms with Crippen LogP contribution in [0.25, 0.3) is 22.2 Å². The second-order valence-corrected chi connectivity index (χ2v) is 7.20. The molecule has 2 aromatic carbocycles. The van der Waals surface area contributed by atoms with Gasteiger partial charge in [-0.2, -0.15) is 8.42 Å². The first-order valence-corrected chi connectivity index (χ1v) is 9.74. The van der Waals surface area contributed by atoms with Gasteiger partial charge in [-0.05, 0) is 30.3 Å². The summed E-state index contributed by atoms with van der Waals surface area (Å²) in [4.78, 5) is 14.8. The van der Waals surface area contributed by atoms with Crippen LogP contribution in [-0.2, 0) is 14.9 Å². The molecule has 1 heterocycles. The summed E-state index contributed by atoms with van der Waals surface area (Å²) in [6.07, 6.45) is 0.213. The maximum Gasteiger partial charge on any atom is 0.422 e. The van der Waals surface area contributed by atoms with Crippen molar-refractivity contribution < 1.29 is 22.7 Å². The number of para-hydroxylation sites is 1. The van der Waals surface area contributed by atoms with Crippen LogP contribution in [0.2, 0.25) is 0 Å². The highest BCUT2D eigenvalue weighted by Crippen LogP contribution is 2.32. The monoisotopic (exact) mass is 401 g/mol. The number of carbonyl (C=O) groups excluding carboxylic acids is 1. The van der Waals surface area contributed by atoms with Crippen LogP contribution in [0.1, 0.15) is 0 Å². The third kappa shape index (κ3) is 4.44. The minimum absolute atomic E-state index is 0.111. The molecule has 9 heteroatoms. The van der Waals surface area contributed by atoms with E-state index in [-0.39, 0.29) is 12.3 Å². The Bertz CT molecular complexity index is 1090. The lowest BCUT2D eigenvalue weighted by atomic mass is 10.1. The zero-order valence-electron chi connectivity index (χ0n) is 15.1. The Labute approximate surface area is 162 Å². The van der Waals surface area contributed by atoms with Crippen LogP contribution < -0.4 is 14.2 Å². The zero-order chi connectivity index (χ0) is 20.1. The summed E-state index contributed by atoms with van der Waals surface area (Å²) in [6, 6.07) is 14.8. The Kier molecular flexibility index (Phi) is 5.55. The van der Waals surface area contributed by atoms with Crippen molar-refractivity contribution >= 4 is 32.9 Å². The molecule has 0 unspecified atom stereocenters. The smallest absolute Gasteiger partial charge is 0.422 e. The fraction of sp³-hybridized carbons (Fsp3) is 0.105. The first kappa shape index (κ1) is 19.3. The van der Waals surface area contributed by atoms with Crippen molar-refractivity contribution in [3.05, 3.63) is 61.2 Å². The lowest BCUT2D eigenvalue weighted by Crippen LogP contribution is -2.35. The second-order valence-electron chi connectivity index (χ2n) is 5.78. The van der Waals surface area contributed by atoms with Gasteiger partial charge in [-0.3, -0.25) is 4.72 Å². The van der Waals surface area contributed by atoms with Crippen LogP contribution >= 0.6 is 0 Å². The quantitative estimate of drug-likeness (QED) is 0.526. The Hall–Kier alpha value is -3.46. The summed E-state index contributed by atoms with van der Waals surface area (Å²) in [6.45, 7) is 3.27. The maximum absolute atomic E-state index is 12.2. The van der Waals surface area contributed by atoms with Gasteiger partial charge in [0.1, 0.15) is 12.4 Å². The van der Waals surface area contributed by atoms with E-state index in [1.165, 1.54) is 13.2 Å². The minimum Gasteiger partial charge on any atom is -0.495 e. The highest BCUT2D eigenvalue weighted by molar-refractivity contribution is 7.91. The molecule has 1 aromatic heterocycles. The van der Waals surface area contributed by atoms with E-state index in [0.29, 0.717) is 5.75 Å². The van der Waals surface area contributed by atoms with Crippen molar-refractivity contribution in [3.8, 4) is 17.0 Å². The van der Waals surface area contributed by atoms with Gasteiger partial charge in [-0.25, -0.2) is 9.52 Å². The standard InChI is InChI=1S/C19H19N3O5S/c1-3-10-27-19(23)22-28(24,25)21-17-12-14(8-9-18(17)26-2)16-11-13-6-4-5-7-15(13)20-16/h3-9,11-12,20-21H,1,10H2,2H3,(H,22,23). The number of H-pyrrole nitrogens is 1. The fourth-order valence-electron chi connectivity index (χ4n) is 2.63. The molecule has 0 fully saturated rings. The number of anilines is 1. The van der Waals surface area contributed by atoms with Crippen molar-refractivity contribution in [2.24, 2.45) is 0 Å². The van der Waals surface area contributed by atoms with Crippen molar-refractivity contribution in [1.29, 1.82) is 0 Å². The Morgan fingerprint density at radius 2 is 2.00 bits per heavy atom. The van der Waals surface area contributed by atoms with Gasteiger partial charge in [0.15, 0.2) is 0 Å². The first-order chi connectivity index (χ1) is 13.4. The van der Waals surface area contributed by atoms with Gasteiger partial charge in [-0.15, -0.1) is 0 Å². The van der Waals surface area contributed by atoms with Crippen molar-refractivity contribution in [3.63, 3.8) is 0 Å².